The second kappa shape index (κ2) is 8.88. The number of hydrogen-bond donors (Lipinski definition) is 2. The normalized spacial score (nSPS) is 15.6. The summed E-state index contributed by atoms with van der Waals surface area (Å²) in [5.41, 5.74) is 2.99. The van der Waals surface area contributed by atoms with Gasteiger partial charge in [-0.15, -0.1) is 0 Å². The van der Waals surface area contributed by atoms with Crippen LogP contribution >= 0.6 is 11.3 Å². The Hall–Kier alpha value is -4.17. The van der Waals surface area contributed by atoms with Gasteiger partial charge < -0.3 is 14.8 Å². The van der Waals surface area contributed by atoms with Crippen LogP contribution in [0.15, 0.2) is 86.1 Å². The monoisotopic (exact) mass is 485 g/mol. The molecule has 0 saturated heterocycles. The lowest BCUT2D eigenvalue weighted by molar-refractivity contribution is -0.113. The number of phenols is 1. The maximum absolute atomic E-state index is 13.6. The summed E-state index contributed by atoms with van der Waals surface area (Å²) in [5, 5.41) is 12.5. The van der Waals surface area contributed by atoms with Gasteiger partial charge in [-0.3, -0.25) is 14.2 Å². The minimum absolute atomic E-state index is 0.150. The lowest BCUT2D eigenvalue weighted by atomic mass is 10.00. The van der Waals surface area contributed by atoms with Crippen LogP contribution in [0, 0.1) is 13.8 Å². The molecular formula is C27H23N3O4S. The molecule has 7 nitrogen and oxygen atoms in total. The number of anilines is 1. The molecule has 1 atom stereocenters. The third-order valence-electron chi connectivity index (χ3n) is 5.88. The average molecular weight is 486 g/mol. The van der Waals surface area contributed by atoms with E-state index in [9.17, 15) is 14.7 Å². The van der Waals surface area contributed by atoms with E-state index in [1.54, 1.807) is 43.3 Å². The van der Waals surface area contributed by atoms with Crippen molar-refractivity contribution in [3.8, 4) is 5.75 Å². The van der Waals surface area contributed by atoms with Gasteiger partial charge in [0.25, 0.3) is 11.5 Å². The van der Waals surface area contributed by atoms with Crippen molar-refractivity contribution < 1.29 is 14.3 Å². The van der Waals surface area contributed by atoms with Crippen LogP contribution in [0.2, 0.25) is 0 Å². The van der Waals surface area contributed by atoms with Crippen molar-refractivity contribution in [2.24, 2.45) is 4.99 Å². The zero-order chi connectivity index (χ0) is 24.7. The van der Waals surface area contributed by atoms with Gasteiger partial charge in [0, 0.05) is 5.69 Å². The number of phenolic OH excluding ortho intramolecular Hbond substituents is 1. The molecule has 0 fully saturated rings. The summed E-state index contributed by atoms with van der Waals surface area (Å²) in [6, 6.07) is 16.9. The summed E-state index contributed by atoms with van der Waals surface area (Å²) in [7, 11) is 0. The number of amides is 1. The highest BCUT2D eigenvalue weighted by atomic mass is 32.1. The van der Waals surface area contributed by atoms with Gasteiger partial charge in [0.15, 0.2) is 4.80 Å². The molecule has 1 unspecified atom stereocenters. The van der Waals surface area contributed by atoms with Crippen LogP contribution in [0.5, 0.6) is 5.75 Å². The molecule has 35 heavy (non-hydrogen) atoms. The number of nitrogens with one attached hydrogen (secondary N) is 1. The minimum Gasteiger partial charge on any atom is -0.508 e. The van der Waals surface area contributed by atoms with Crippen LogP contribution < -0.4 is 20.2 Å². The van der Waals surface area contributed by atoms with E-state index in [-0.39, 0.29) is 17.2 Å². The average Bonchev–Trinajstić information content (AvgIpc) is 3.39. The number of para-hydroxylation sites is 1. The highest BCUT2D eigenvalue weighted by Crippen LogP contribution is 2.32. The number of aromatic nitrogens is 1. The summed E-state index contributed by atoms with van der Waals surface area (Å²) in [6.45, 7) is 5.51. The number of furan rings is 1. The molecular weight excluding hydrogens is 462 g/mol. The van der Waals surface area contributed by atoms with E-state index in [4.69, 9.17) is 4.42 Å². The Kier molecular flexibility index (Phi) is 5.74. The van der Waals surface area contributed by atoms with Gasteiger partial charge in [0.1, 0.15) is 23.3 Å². The van der Waals surface area contributed by atoms with Gasteiger partial charge in [-0.1, -0.05) is 41.7 Å². The number of aromatic hydroxyl groups is 1. The predicted octanol–water partition coefficient (Wildman–Crippen LogP) is 3.79. The highest BCUT2D eigenvalue weighted by molar-refractivity contribution is 7.07. The molecule has 0 saturated carbocycles. The van der Waals surface area contributed by atoms with Gasteiger partial charge in [-0.25, -0.2) is 4.99 Å². The molecule has 5 rings (SSSR count). The summed E-state index contributed by atoms with van der Waals surface area (Å²) >= 11 is 1.25. The Balaban J connectivity index is 1.66. The van der Waals surface area contributed by atoms with Crippen LogP contribution in [0.1, 0.15) is 35.6 Å². The van der Waals surface area contributed by atoms with E-state index < -0.39 is 6.04 Å². The quantitative estimate of drug-likeness (QED) is 0.460. The number of allylic oxidation sites excluding steroid dienone is 1. The highest BCUT2D eigenvalue weighted by Gasteiger charge is 2.34. The largest absolute Gasteiger partial charge is 0.508 e. The van der Waals surface area contributed by atoms with Gasteiger partial charge >= 0.3 is 0 Å². The lowest BCUT2D eigenvalue weighted by Crippen LogP contribution is -2.40. The summed E-state index contributed by atoms with van der Waals surface area (Å²) in [5.74, 6) is 0.979. The van der Waals surface area contributed by atoms with Crippen LogP contribution in [0.25, 0.3) is 6.08 Å². The maximum Gasteiger partial charge on any atom is 0.271 e. The number of fused-ring (bicyclic) bond motifs is 1. The second-order valence-corrected chi connectivity index (χ2v) is 9.40. The Labute approximate surface area is 205 Å². The van der Waals surface area contributed by atoms with Crippen molar-refractivity contribution >= 4 is 29.0 Å². The zero-order valence-corrected chi connectivity index (χ0v) is 20.2. The molecule has 0 aliphatic carbocycles. The van der Waals surface area contributed by atoms with Crippen molar-refractivity contribution in [1.82, 2.24) is 4.57 Å². The van der Waals surface area contributed by atoms with E-state index in [1.165, 1.54) is 15.9 Å². The first kappa shape index (κ1) is 22.6. The molecule has 2 aromatic carbocycles. The van der Waals surface area contributed by atoms with E-state index in [1.807, 2.05) is 44.2 Å². The van der Waals surface area contributed by atoms with Gasteiger partial charge in [0.2, 0.25) is 0 Å². The predicted molar refractivity (Wildman–Crippen MR) is 135 cm³/mol. The lowest BCUT2D eigenvalue weighted by Gasteiger charge is -2.23. The van der Waals surface area contributed by atoms with Gasteiger partial charge in [0.05, 0.1) is 15.8 Å². The molecule has 0 bridgehead atoms. The molecule has 2 N–H and O–H groups in total. The van der Waals surface area contributed by atoms with Crippen LogP contribution in [0.3, 0.4) is 0 Å². The number of carbonyl (C=O) groups excluding carboxylic acids is 1. The number of benzene rings is 2. The molecule has 0 radical (unpaired) electrons. The van der Waals surface area contributed by atoms with Crippen LogP contribution in [-0.4, -0.2) is 15.6 Å². The minimum atomic E-state index is -0.758. The number of thiazole rings is 1. The molecule has 1 aliphatic rings. The Bertz CT molecular complexity index is 1660. The van der Waals surface area contributed by atoms with Crippen LogP contribution in [-0.2, 0) is 4.79 Å². The van der Waals surface area contributed by atoms with Gasteiger partial charge in [-0.05, 0) is 68.3 Å². The zero-order valence-electron chi connectivity index (χ0n) is 19.4. The number of carbonyl (C=O) groups is 1. The molecule has 3 heterocycles. The van der Waals surface area contributed by atoms with Crippen molar-refractivity contribution in [3.63, 3.8) is 0 Å². The van der Waals surface area contributed by atoms with E-state index >= 15 is 0 Å². The first-order chi connectivity index (χ1) is 16.8. The second-order valence-electron chi connectivity index (χ2n) is 8.39. The van der Waals surface area contributed by atoms with Crippen molar-refractivity contribution in [3.05, 3.63) is 114 Å². The fourth-order valence-electron chi connectivity index (χ4n) is 4.11. The fourth-order valence-corrected chi connectivity index (χ4v) is 5.15. The molecule has 0 spiro atoms. The van der Waals surface area contributed by atoms with Crippen molar-refractivity contribution in [1.29, 1.82) is 0 Å². The molecule has 4 aromatic rings. The van der Waals surface area contributed by atoms with E-state index in [0.29, 0.717) is 37.8 Å². The number of rotatable bonds is 4. The summed E-state index contributed by atoms with van der Waals surface area (Å²) in [4.78, 5) is 32.3. The van der Waals surface area contributed by atoms with E-state index in [2.05, 4.69) is 10.3 Å². The molecule has 2 aromatic heterocycles. The Morgan fingerprint density at radius 3 is 2.51 bits per heavy atom. The molecule has 1 amide bonds. The Morgan fingerprint density at radius 2 is 1.83 bits per heavy atom. The maximum atomic E-state index is 13.6. The SMILES string of the molecule is CC1=C(C(=O)Nc2ccccc2C)C(c2ccc(C)o2)n2c(s/c(=C/c3ccc(O)cc3)c2=O)=N1. The third kappa shape index (κ3) is 4.24. The topological polar surface area (TPSA) is 96.8 Å². The van der Waals surface area contributed by atoms with Crippen LogP contribution in [0.4, 0.5) is 5.69 Å². The molecule has 8 heteroatoms. The first-order valence-electron chi connectivity index (χ1n) is 11.1. The van der Waals surface area contributed by atoms with Gasteiger partial charge in [-0.2, -0.15) is 0 Å². The summed E-state index contributed by atoms with van der Waals surface area (Å²) in [6.07, 6.45) is 1.75. The standard InChI is InChI=1S/C27H23N3O4S/c1-15-6-4-5-7-20(15)29-25(32)23-17(3)28-27-30(24(23)21-13-8-16(2)34-21)26(33)22(35-27)14-18-9-11-19(31)12-10-18/h4-14,24,31H,1-3H3,(H,29,32)/b22-14+. The summed E-state index contributed by atoms with van der Waals surface area (Å²) < 4.78 is 7.92. The van der Waals surface area contributed by atoms with Crippen molar-refractivity contribution in [2.45, 2.75) is 26.8 Å². The number of aryl methyl sites for hydroxylation is 2. The molecule has 1 aliphatic heterocycles. The first-order valence-corrected chi connectivity index (χ1v) is 11.9. The fraction of sp³-hybridized carbons (Fsp3) is 0.148. The number of hydrogen-bond acceptors (Lipinski definition) is 6. The van der Waals surface area contributed by atoms with Crippen molar-refractivity contribution in [2.75, 3.05) is 5.32 Å². The third-order valence-corrected chi connectivity index (χ3v) is 6.86. The number of nitrogens with zero attached hydrogens (tertiary/aromatic N) is 2. The Morgan fingerprint density at radius 1 is 1.09 bits per heavy atom. The smallest absolute Gasteiger partial charge is 0.271 e. The molecule has 176 valence electrons. The van der Waals surface area contributed by atoms with E-state index in [0.717, 1.165) is 11.1 Å².